The first-order valence-corrected chi connectivity index (χ1v) is 6.49. The third kappa shape index (κ3) is 2.45. The average molecular weight is 290 g/mol. The lowest BCUT2D eigenvalue weighted by atomic mass is 10.2. The van der Waals surface area contributed by atoms with Gasteiger partial charge in [0.05, 0.1) is 0 Å². The standard InChI is InChI=1S/C11H14BrClN2/c1-8-2-3-15(7-8)11-4-9(5-13)10(12)6-14-11/h4,6,8H,2-3,5,7H2,1H3. The van der Waals surface area contributed by atoms with Gasteiger partial charge in [0.25, 0.3) is 0 Å². The smallest absolute Gasteiger partial charge is 0.128 e. The minimum atomic E-state index is 0.527. The van der Waals surface area contributed by atoms with Gasteiger partial charge in [-0.05, 0) is 39.9 Å². The fourth-order valence-corrected chi connectivity index (χ4v) is 2.63. The lowest BCUT2D eigenvalue weighted by molar-refractivity contribution is 0.659. The van der Waals surface area contributed by atoms with E-state index in [0.29, 0.717) is 5.88 Å². The Labute approximate surface area is 104 Å². The normalized spacial score (nSPS) is 21.0. The van der Waals surface area contributed by atoms with Crippen molar-refractivity contribution in [3.63, 3.8) is 0 Å². The Balaban J connectivity index is 2.21. The molecule has 0 bridgehead atoms. The van der Waals surface area contributed by atoms with E-state index in [1.807, 2.05) is 6.20 Å². The summed E-state index contributed by atoms with van der Waals surface area (Å²) in [7, 11) is 0. The third-order valence-corrected chi connectivity index (χ3v) is 3.81. The van der Waals surface area contributed by atoms with Crippen molar-refractivity contribution in [2.75, 3.05) is 18.0 Å². The highest BCUT2D eigenvalue weighted by Gasteiger charge is 2.20. The van der Waals surface area contributed by atoms with Gasteiger partial charge >= 0.3 is 0 Å². The average Bonchev–Trinajstić information content (AvgIpc) is 2.66. The van der Waals surface area contributed by atoms with Crippen LogP contribution in [0.3, 0.4) is 0 Å². The number of aromatic nitrogens is 1. The van der Waals surface area contributed by atoms with Gasteiger partial charge in [0.15, 0.2) is 0 Å². The van der Waals surface area contributed by atoms with Crippen molar-refractivity contribution in [2.45, 2.75) is 19.2 Å². The molecule has 0 aromatic carbocycles. The van der Waals surface area contributed by atoms with Gasteiger partial charge in [-0.3, -0.25) is 0 Å². The molecule has 2 rings (SSSR count). The van der Waals surface area contributed by atoms with E-state index >= 15 is 0 Å². The van der Waals surface area contributed by atoms with Gasteiger partial charge in [-0.1, -0.05) is 6.92 Å². The van der Waals surface area contributed by atoms with Crippen LogP contribution in [0.15, 0.2) is 16.7 Å². The molecule has 0 N–H and O–H groups in total. The summed E-state index contributed by atoms with van der Waals surface area (Å²) in [4.78, 5) is 6.75. The van der Waals surface area contributed by atoms with Crippen LogP contribution in [-0.4, -0.2) is 18.1 Å². The lowest BCUT2D eigenvalue weighted by Crippen LogP contribution is -2.20. The maximum absolute atomic E-state index is 5.86. The molecule has 0 radical (unpaired) electrons. The first-order valence-electron chi connectivity index (χ1n) is 5.16. The van der Waals surface area contributed by atoms with E-state index in [2.05, 4.69) is 38.8 Å². The van der Waals surface area contributed by atoms with Crippen LogP contribution in [0.1, 0.15) is 18.9 Å². The van der Waals surface area contributed by atoms with Gasteiger partial charge in [-0.25, -0.2) is 4.98 Å². The van der Waals surface area contributed by atoms with Crippen molar-refractivity contribution < 1.29 is 0 Å². The van der Waals surface area contributed by atoms with Crippen molar-refractivity contribution in [1.82, 2.24) is 4.98 Å². The zero-order chi connectivity index (χ0) is 10.8. The molecule has 4 heteroatoms. The SMILES string of the molecule is CC1CCN(c2cc(CCl)c(Br)cn2)C1. The first kappa shape index (κ1) is 11.2. The van der Waals surface area contributed by atoms with Gasteiger partial charge in [0, 0.05) is 29.6 Å². The van der Waals surface area contributed by atoms with Gasteiger partial charge in [-0.2, -0.15) is 0 Å². The molecule has 1 unspecified atom stereocenters. The number of rotatable bonds is 2. The third-order valence-electron chi connectivity index (χ3n) is 2.81. The summed E-state index contributed by atoms with van der Waals surface area (Å²) in [6.07, 6.45) is 3.10. The van der Waals surface area contributed by atoms with E-state index in [-0.39, 0.29) is 0 Å². The van der Waals surface area contributed by atoms with Crippen molar-refractivity contribution in [3.8, 4) is 0 Å². The highest BCUT2D eigenvalue weighted by Crippen LogP contribution is 2.26. The minimum absolute atomic E-state index is 0.527. The molecule has 1 aliphatic heterocycles. The predicted molar refractivity (Wildman–Crippen MR) is 67.5 cm³/mol. The summed E-state index contributed by atoms with van der Waals surface area (Å²) in [6.45, 7) is 4.50. The largest absolute Gasteiger partial charge is 0.356 e. The second-order valence-corrected chi connectivity index (χ2v) is 5.23. The maximum atomic E-state index is 5.86. The monoisotopic (exact) mass is 288 g/mol. The second-order valence-electron chi connectivity index (χ2n) is 4.11. The van der Waals surface area contributed by atoms with Crippen LogP contribution in [0.2, 0.25) is 0 Å². The van der Waals surface area contributed by atoms with Gasteiger partial charge in [0.1, 0.15) is 5.82 Å². The van der Waals surface area contributed by atoms with E-state index in [1.54, 1.807) is 0 Å². The predicted octanol–water partition coefficient (Wildman–Crippen LogP) is 3.43. The van der Waals surface area contributed by atoms with Crippen LogP contribution in [-0.2, 0) is 5.88 Å². The maximum Gasteiger partial charge on any atom is 0.128 e. The molecule has 0 saturated carbocycles. The zero-order valence-electron chi connectivity index (χ0n) is 8.71. The summed E-state index contributed by atoms with van der Waals surface area (Å²) in [5, 5.41) is 0. The quantitative estimate of drug-likeness (QED) is 0.776. The lowest BCUT2D eigenvalue weighted by Gasteiger charge is -2.17. The van der Waals surface area contributed by atoms with Gasteiger partial charge < -0.3 is 4.90 Å². The van der Waals surface area contributed by atoms with Gasteiger partial charge in [-0.15, -0.1) is 11.6 Å². The molecule has 2 heterocycles. The fourth-order valence-electron chi connectivity index (χ4n) is 1.89. The Morgan fingerprint density at radius 3 is 3.07 bits per heavy atom. The summed E-state index contributed by atoms with van der Waals surface area (Å²) in [5.74, 6) is 2.35. The van der Waals surface area contributed by atoms with Crippen LogP contribution < -0.4 is 4.90 Å². The molecule has 1 atom stereocenters. The number of alkyl halides is 1. The zero-order valence-corrected chi connectivity index (χ0v) is 11.1. The Kier molecular flexibility index (Phi) is 3.52. The van der Waals surface area contributed by atoms with Crippen LogP contribution >= 0.6 is 27.5 Å². The number of nitrogens with zero attached hydrogens (tertiary/aromatic N) is 2. The first-order chi connectivity index (χ1) is 7.20. The molecular weight excluding hydrogens is 275 g/mol. The van der Waals surface area contributed by atoms with Crippen LogP contribution in [0, 0.1) is 5.92 Å². The van der Waals surface area contributed by atoms with E-state index in [9.17, 15) is 0 Å². The number of hydrogen-bond donors (Lipinski definition) is 0. The molecule has 1 aromatic rings. The molecule has 15 heavy (non-hydrogen) atoms. The molecule has 0 amide bonds. The highest BCUT2D eigenvalue weighted by molar-refractivity contribution is 9.10. The van der Waals surface area contributed by atoms with Crippen molar-refractivity contribution in [3.05, 3.63) is 22.3 Å². The van der Waals surface area contributed by atoms with Crippen LogP contribution in [0.5, 0.6) is 0 Å². The molecule has 1 aliphatic rings. The number of pyridine rings is 1. The van der Waals surface area contributed by atoms with Gasteiger partial charge in [0.2, 0.25) is 0 Å². The van der Waals surface area contributed by atoms with Crippen molar-refractivity contribution >= 4 is 33.3 Å². The highest BCUT2D eigenvalue weighted by atomic mass is 79.9. The fraction of sp³-hybridized carbons (Fsp3) is 0.545. The van der Waals surface area contributed by atoms with Crippen LogP contribution in [0.25, 0.3) is 0 Å². The Bertz CT molecular complexity index is 356. The Morgan fingerprint density at radius 1 is 1.67 bits per heavy atom. The molecule has 1 saturated heterocycles. The molecule has 1 aromatic heterocycles. The van der Waals surface area contributed by atoms with E-state index < -0.39 is 0 Å². The molecule has 1 fully saturated rings. The Hall–Kier alpha value is -0.280. The van der Waals surface area contributed by atoms with E-state index in [1.165, 1.54) is 6.42 Å². The van der Waals surface area contributed by atoms with Crippen LogP contribution in [0.4, 0.5) is 5.82 Å². The van der Waals surface area contributed by atoms with E-state index in [0.717, 1.165) is 34.9 Å². The summed E-state index contributed by atoms with van der Waals surface area (Å²) < 4.78 is 0.994. The van der Waals surface area contributed by atoms with E-state index in [4.69, 9.17) is 11.6 Å². The summed E-state index contributed by atoms with van der Waals surface area (Å²) in [6, 6.07) is 2.08. The topological polar surface area (TPSA) is 16.1 Å². The number of hydrogen-bond acceptors (Lipinski definition) is 2. The van der Waals surface area contributed by atoms with Crippen molar-refractivity contribution in [1.29, 1.82) is 0 Å². The molecular formula is C11H14BrClN2. The minimum Gasteiger partial charge on any atom is -0.356 e. The number of halogens is 2. The molecule has 2 nitrogen and oxygen atoms in total. The summed E-state index contributed by atoms with van der Waals surface area (Å²) in [5.41, 5.74) is 1.11. The number of anilines is 1. The second kappa shape index (κ2) is 4.71. The van der Waals surface area contributed by atoms with Crippen molar-refractivity contribution in [2.24, 2.45) is 5.92 Å². The molecule has 0 aliphatic carbocycles. The summed E-state index contributed by atoms with van der Waals surface area (Å²) >= 11 is 9.31. The molecule has 82 valence electrons. The molecule has 0 spiro atoms. The Morgan fingerprint density at radius 2 is 2.47 bits per heavy atom.